The van der Waals surface area contributed by atoms with Gasteiger partial charge in [0.1, 0.15) is 0 Å². The SMILES string of the molecule is COc1cc(OC)nc(NC(=O)CCC(C)(C)N)n1. The molecule has 0 saturated heterocycles. The Morgan fingerprint density at radius 1 is 1.32 bits per heavy atom. The highest BCUT2D eigenvalue weighted by atomic mass is 16.5. The Morgan fingerprint density at radius 3 is 2.26 bits per heavy atom. The standard InChI is InChI=1S/C12H20N4O3/c1-12(2,13)6-5-8(17)14-11-15-9(18-3)7-10(16-11)19-4/h7H,5-6,13H2,1-4H3,(H,14,15,16,17). The lowest BCUT2D eigenvalue weighted by Gasteiger charge is -2.17. The lowest BCUT2D eigenvalue weighted by atomic mass is 10.00. The quantitative estimate of drug-likeness (QED) is 0.796. The van der Waals surface area contributed by atoms with Crippen molar-refractivity contribution >= 4 is 11.9 Å². The first-order valence-corrected chi connectivity index (χ1v) is 5.90. The minimum atomic E-state index is -0.385. The Labute approximate surface area is 112 Å². The maximum Gasteiger partial charge on any atom is 0.236 e. The molecule has 3 N–H and O–H groups in total. The molecule has 1 amide bonds. The zero-order valence-electron chi connectivity index (χ0n) is 11.7. The third kappa shape index (κ3) is 5.52. The van der Waals surface area contributed by atoms with Crippen LogP contribution in [0.3, 0.4) is 0 Å². The number of aromatic nitrogens is 2. The summed E-state index contributed by atoms with van der Waals surface area (Å²) in [4.78, 5) is 19.7. The number of anilines is 1. The summed E-state index contributed by atoms with van der Waals surface area (Å²) in [5.41, 5.74) is 5.43. The van der Waals surface area contributed by atoms with Crippen molar-refractivity contribution in [3.05, 3.63) is 6.07 Å². The average molecular weight is 268 g/mol. The molecule has 0 bridgehead atoms. The number of ether oxygens (including phenoxy) is 2. The molecular weight excluding hydrogens is 248 g/mol. The van der Waals surface area contributed by atoms with E-state index in [0.29, 0.717) is 24.6 Å². The Kier molecular flexibility index (Phi) is 5.05. The smallest absolute Gasteiger partial charge is 0.236 e. The highest BCUT2D eigenvalue weighted by Crippen LogP contribution is 2.17. The first kappa shape index (κ1) is 15.2. The maximum atomic E-state index is 11.7. The lowest BCUT2D eigenvalue weighted by molar-refractivity contribution is -0.116. The molecule has 0 saturated carbocycles. The summed E-state index contributed by atoms with van der Waals surface area (Å²) < 4.78 is 9.98. The van der Waals surface area contributed by atoms with E-state index in [2.05, 4.69) is 15.3 Å². The van der Waals surface area contributed by atoms with E-state index in [1.54, 1.807) is 0 Å². The normalized spacial score (nSPS) is 11.0. The van der Waals surface area contributed by atoms with Gasteiger partial charge in [-0.1, -0.05) is 0 Å². The number of methoxy groups -OCH3 is 2. The molecule has 0 spiro atoms. The molecule has 0 aliphatic heterocycles. The number of nitrogens with one attached hydrogen (secondary N) is 1. The summed E-state index contributed by atoms with van der Waals surface area (Å²) in [5.74, 6) is 0.590. The number of hydrogen-bond acceptors (Lipinski definition) is 6. The third-order valence-electron chi connectivity index (χ3n) is 2.35. The van der Waals surface area contributed by atoms with Gasteiger partial charge in [-0.2, -0.15) is 9.97 Å². The van der Waals surface area contributed by atoms with Gasteiger partial charge in [-0.3, -0.25) is 10.1 Å². The van der Waals surface area contributed by atoms with Gasteiger partial charge in [-0.05, 0) is 20.3 Å². The summed E-state index contributed by atoms with van der Waals surface area (Å²) in [6.07, 6.45) is 0.867. The number of rotatable bonds is 6. The van der Waals surface area contributed by atoms with Gasteiger partial charge in [0.2, 0.25) is 23.6 Å². The van der Waals surface area contributed by atoms with Crippen LogP contribution in [0.4, 0.5) is 5.95 Å². The van der Waals surface area contributed by atoms with Crippen LogP contribution in [0.25, 0.3) is 0 Å². The fraction of sp³-hybridized carbons (Fsp3) is 0.583. The van der Waals surface area contributed by atoms with Crippen LogP contribution in [-0.4, -0.2) is 35.6 Å². The second-order valence-corrected chi connectivity index (χ2v) is 4.81. The van der Waals surface area contributed by atoms with Gasteiger partial charge in [-0.25, -0.2) is 0 Å². The van der Waals surface area contributed by atoms with E-state index in [1.165, 1.54) is 20.3 Å². The largest absolute Gasteiger partial charge is 0.481 e. The van der Waals surface area contributed by atoms with Crippen molar-refractivity contribution in [2.75, 3.05) is 19.5 Å². The van der Waals surface area contributed by atoms with Crippen LogP contribution in [0.1, 0.15) is 26.7 Å². The van der Waals surface area contributed by atoms with Crippen LogP contribution in [0.2, 0.25) is 0 Å². The minimum absolute atomic E-state index is 0.149. The number of nitrogens with zero attached hydrogens (tertiary/aromatic N) is 2. The van der Waals surface area contributed by atoms with Crippen molar-refractivity contribution in [1.82, 2.24) is 9.97 Å². The van der Waals surface area contributed by atoms with E-state index < -0.39 is 0 Å². The van der Waals surface area contributed by atoms with Gasteiger partial charge < -0.3 is 15.2 Å². The molecule has 0 atom stereocenters. The second kappa shape index (κ2) is 6.33. The molecule has 0 radical (unpaired) electrons. The van der Waals surface area contributed by atoms with Crippen molar-refractivity contribution in [1.29, 1.82) is 0 Å². The Bertz CT molecular complexity index is 421. The summed E-state index contributed by atoms with van der Waals surface area (Å²) in [7, 11) is 2.95. The van der Waals surface area contributed by atoms with Gasteiger partial charge in [-0.15, -0.1) is 0 Å². The van der Waals surface area contributed by atoms with E-state index in [0.717, 1.165) is 0 Å². The summed E-state index contributed by atoms with van der Waals surface area (Å²) in [6.45, 7) is 3.73. The van der Waals surface area contributed by atoms with Gasteiger partial charge in [0, 0.05) is 12.0 Å². The van der Waals surface area contributed by atoms with E-state index >= 15 is 0 Å². The molecule has 7 heteroatoms. The number of hydrogen-bond donors (Lipinski definition) is 2. The first-order valence-electron chi connectivity index (χ1n) is 5.90. The maximum absolute atomic E-state index is 11.7. The van der Waals surface area contributed by atoms with Gasteiger partial charge >= 0.3 is 0 Å². The van der Waals surface area contributed by atoms with Crippen LogP contribution in [0.5, 0.6) is 11.8 Å². The first-order chi connectivity index (χ1) is 8.84. The number of carbonyl (C=O) groups is 1. The molecule has 19 heavy (non-hydrogen) atoms. The number of nitrogens with two attached hydrogens (primary N) is 1. The Hall–Kier alpha value is -1.89. The van der Waals surface area contributed by atoms with Crippen LogP contribution >= 0.6 is 0 Å². The molecule has 0 aliphatic rings. The Morgan fingerprint density at radius 2 is 1.84 bits per heavy atom. The van der Waals surface area contributed by atoms with Crippen LogP contribution in [-0.2, 0) is 4.79 Å². The van der Waals surface area contributed by atoms with Crippen molar-refractivity contribution in [3.63, 3.8) is 0 Å². The monoisotopic (exact) mass is 268 g/mol. The fourth-order valence-corrected chi connectivity index (χ4v) is 1.29. The molecular formula is C12H20N4O3. The highest BCUT2D eigenvalue weighted by molar-refractivity contribution is 5.89. The molecule has 7 nitrogen and oxygen atoms in total. The molecule has 0 aliphatic carbocycles. The fourth-order valence-electron chi connectivity index (χ4n) is 1.29. The molecule has 0 fully saturated rings. The zero-order valence-corrected chi connectivity index (χ0v) is 11.7. The average Bonchev–Trinajstić information content (AvgIpc) is 2.35. The minimum Gasteiger partial charge on any atom is -0.481 e. The zero-order chi connectivity index (χ0) is 14.5. The predicted molar refractivity (Wildman–Crippen MR) is 71.3 cm³/mol. The Balaban J connectivity index is 2.68. The summed E-state index contributed by atoms with van der Waals surface area (Å²) in [5, 5.41) is 2.59. The van der Waals surface area contributed by atoms with Crippen LogP contribution in [0.15, 0.2) is 6.07 Å². The predicted octanol–water partition coefficient (Wildman–Crippen LogP) is 0.950. The molecule has 0 unspecified atom stereocenters. The van der Waals surface area contributed by atoms with Crippen molar-refractivity contribution in [2.45, 2.75) is 32.2 Å². The third-order valence-corrected chi connectivity index (χ3v) is 2.35. The number of carbonyl (C=O) groups excluding carboxylic acids is 1. The van der Waals surface area contributed by atoms with Gasteiger partial charge in [0.05, 0.1) is 20.3 Å². The molecule has 106 valence electrons. The van der Waals surface area contributed by atoms with E-state index in [-0.39, 0.29) is 17.4 Å². The molecule has 1 rings (SSSR count). The topological polar surface area (TPSA) is 99.4 Å². The summed E-state index contributed by atoms with van der Waals surface area (Å²) >= 11 is 0. The van der Waals surface area contributed by atoms with Crippen molar-refractivity contribution in [3.8, 4) is 11.8 Å². The van der Waals surface area contributed by atoms with Crippen LogP contribution < -0.4 is 20.5 Å². The van der Waals surface area contributed by atoms with Gasteiger partial charge in [0.15, 0.2) is 0 Å². The van der Waals surface area contributed by atoms with Crippen LogP contribution in [0, 0.1) is 0 Å². The van der Waals surface area contributed by atoms with E-state index in [1.807, 2.05) is 13.8 Å². The highest BCUT2D eigenvalue weighted by Gasteiger charge is 2.14. The van der Waals surface area contributed by atoms with Crippen molar-refractivity contribution in [2.24, 2.45) is 5.73 Å². The molecule has 1 heterocycles. The van der Waals surface area contributed by atoms with E-state index in [9.17, 15) is 4.79 Å². The number of amides is 1. The van der Waals surface area contributed by atoms with Gasteiger partial charge in [0.25, 0.3) is 0 Å². The molecule has 1 aromatic heterocycles. The van der Waals surface area contributed by atoms with E-state index in [4.69, 9.17) is 15.2 Å². The van der Waals surface area contributed by atoms with Crippen molar-refractivity contribution < 1.29 is 14.3 Å². The lowest BCUT2D eigenvalue weighted by Crippen LogP contribution is -2.33. The molecule has 0 aromatic carbocycles. The molecule has 1 aromatic rings. The summed E-state index contributed by atoms with van der Waals surface area (Å²) in [6, 6.07) is 1.53. The second-order valence-electron chi connectivity index (χ2n) is 4.81.